The normalized spacial score (nSPS) is 18.0. The smallest absolute Gasteiger partial charge is 0.230 e. The molecule has 0 aliphatic carbocycles. The molecule has 7 nitrogen and oxygen atoms in total. The van der Waals surface area contributed by atoms with Gasteiger partial charge in [-0.1, -0.05) is 11.3 Å². The van der Waals surface area contributed by atoms with Crippen molar-refractivity contribution in [2.75, 3.05) is 26.3 Å². The molecule has 1 aliphatic heterocycles. The van der Waals surface area contributed by atoms with Crippen LogP contribution in [0, 0.1) is 6.92 Å². The third kappa shape index (κ3) is 2.20. The number of thiazole rings is 1. The van der Waals surface area contributed by atoms with Gasteiger partial charge in [0.05, 0.1) is 18.1 Å². The average Bonchev–Trinajstić information content (AvgIpc) is 3.22. The Morgan fingerprint density at radius 2 is 2.14 bits per heavy atom. The maximum atomic E-state index is 10.5. The Bertz CT molecular complexity index is 787. The third-order valence-electron chi connectivity index (χ3n) is 3.83. The zero-order chi connectivity index (χ0) is 15.1. The van der Waals surface area contributed by atoms with Crippen molar-refractivity contribution in [1.29, 1.82) is 0 Å². The van der Waals surface area contributed by atoms with E-state index in [4.69, 9.17) is 9.15 Å². The van der Waals surface area contributed by atoms with Gasteiger partial charge in [-0.05, 0) is 19.1 Å². The van der Waals surface area contributed by atoms with Gasteiger partial charge in [0.15, 0.2) is 0 Å². The zero-order valence-corrected chi connectivity index (χ0v) is 12.9. The number of rotatable bonds is 3. The van der Waals surface area contributed by atoms with Gasteiger partial charge in [-0.3, -0.25) is 4.90 Å². The Hall–Kier alpha value is -1.90. The molecule has 4 heterocycles. The Labute approximate surface area is 130 Å². The lowest BCUT2D eigenvalue weighted by Crippen LogP contribution is -2.39. The summed E-state index contributed by atoms with van der Waals surface area (Å²) in [4.78, 5) is 7.89. The Balaban J connectivity index is 1.81. The second-order valence-electron chi connectivity index (χ2n) is 5.24. The number of ether oxygens (including phenoxy) is 1. The van der Waals surface area contributed by atoms with Crippen LogP contribution < -0.4 is 0 Å². The molecule has 0 saturated carbocycles. The van der Waals surface area contributed by atoms with E-state index in [1.54, 1.807) is 0 Å². The molecule has 0 bridgehead atoms. The standard InChI is InChI=1S/C14H16N4O3S/c1-9-2-3-10(21-9)11(17-4-6-20-7-5-17)12-13(19)18-14(22-12)15-8-16-18/h2-3,8,11,19H,4-7H2,1H3. The van der Waals surface area contributed by atoms with Gasteiger partial charge in [-0.2, -0.15) is 9.61 Å². The van der Waals surface area contributed by atoms with Crippen LogP contribution in [0.25, 0.3) is 4.96 Å². The molecule has 4 rings (SSSR count). The number of aromatic nitrogens is 3. The van der Waals surface area contributed by atoms with Gasteiger partial charge in [0, 0.05) is 13.1 Å². The molecule has 0 radical (unpaired) electrons. The SMILES string of the molecule is Cc1ccc(C(c2sc3ncnn3c2O)N2CCOCC2)o1. The number of hydrogen-bond donors (Lipinski definition) is 1. The van der Waals surface area contributed by atoms with E-state index < -0.39 is 0 Å². The van der Waals surface area contributed by atoms with Crippen LogP contribution in [0.3, 0.4) is 0 Å². The van der Waals surface area contributed by atoms with Crippen molar-refractivity contribution in [3.05, 3.63) is 34.9 Å². The van der Waals surface area contributed by atoms with E-state index in [0.717, 1.165) is 29.5 Å². The highest BCUT2D eigenvalue weighted by Crippen LogP contribution is 2.40. The lowest BCUT2D eigenvalue weighted by atomic mass is 10.1. The quantitative estimate of drug-likeness (QED) is 0.793. The molecular weight excluding hydrogens is 304 g/mol. The summed E-state index contributed by atoms with van der Waals surface area (Å²) in [5.74, 6) is 1.80. The van der Waals surface area contributed by atoms with Gasteiger partial charge in [-0.15, -0.1) is 0 Å². The fourth-order valence-corrected chi connectivity index (χ4v) is 3.85. The highest BCUT2D eigenvalue weighted by molar-refractivity contribution is 7.17. The topological polar surface area (TPSA) is 76.0 Å². The molecule has 1 N–H and O–H groups in total. The molecule has 116 valence electrons. The van der Waals surface area contributed by atoms with Crippen molar-refractivity contribution in [2.24, 2.45) is 0 Å². The van der Waals surface area contributed by atoms with Crippen molar-refractivity contribution in [1.82, 2.24) is 19.5 Å². The molecule has 3 aromatic rings. The molecule has 22 heavy (non-hydrogen) atoms. The van der Waals surface area contributed by atoms with E-state index in [1.807, 2.05) is 19.1 Å². The minimum absolute atomic E-state index is 0.128. The second kappa shape index (κ2) is 5.38. The van der Waals surface area contributed by atoms with Crippen molar-refractivity contribution in [3.8, 4) is 5.88 Å². The van der Waals surface area contributed by atoms with Crippen molar-refractivity contribution >= 4 is 16.3 Å². The Morgan fingerprint density at radius 1 is 1.32 bits per heavy atom. The van der Waals surface area contributed by atoms with E-state index >= 15 is 0 Å². The predicted octanol–water partition coefficient (Wildman–Crippen LogP) is 1.82. The number of fused-ring (bicyclic) bond motifs is 1. The summed E-state index contributed by atoms with van der Waals surface area (Å²) in [6.45, 7) is 4.85. The fourth-order valence-electron chi connectivity index (χ4n) is 2.78. The third-order valence-corrected chi connectivity index (χ3v) is 4.92. The van der Waals surface area contributed by atoms with Crippen molar-refractivity contribution in [2.45, 2.75) is 13.0 Å². The number of nitrogens with zero attached hydrogens (tertiary/aromatic N) is 4. The van der Waals surface area contributed by atoms with Crippen LogP contribution in [0.15, 0.2) is 22.9 Å². The van der Waals surface area contributed by atoms with Gasteiger partial charge in [0.2, 0.25) is 10.8 Å². The molecule has 1 unspecified atom stereocenters. The minimum atomic E-state index is -0.147. The summed E-state index contributed by atoms with van der Waals surface area (Å²) >= 11 is 1.43. The molecule has 1 atom stereocenters. The first-order valence-corrected chi connectivity index (χ1v) is 7.95. The van der Waals surface area contributed by atoms with Gasteiger partial charge < -0.3 is 14.3 Å². The maximum Gasteiger partial charge on any atom is 0.230 e. The van der Waals surface area contributed by atoms with Crippen molar-refractivity contribution in [3.63, 3.8) is 0 Å². The van der Waals surface area contributed by atoms with Crippen LogP contribution in [-0.2, 0) is 4.74 Å². The number of morpholine rings is 1. The van der Waals surface area contributed by atoms with Gasteiger partial charge in [0.1, 0.15) is 23.9 Å². The first-order chi connectivity index (χ1) is 10.7. The summed E-state index contributed by atoms with van der Waals surface area (Å²) < 4.78 is 12.7. The largest absolute Gasteiger partial charge is 0.492 e. The second-order valence-corrected chi connectivity index (χ2v) is 6.25. The number of aromatic hydroxyl groups is 1. The first-order valence-electron chi connectivity index (χ1n) is 7.13. The van der Waals surface area contributed by atoms with E-state index in [0.29, 0.717) is 18.2 Å². The Morgan fingerprint density at radius 3 is 2.82 bits per heavy atom. The molecule has 1 saturated heterocycles. The first kappa shape index (κ1) is 13.7. The summed E-state index contributed by atoms with van der Waals surface area (Å²) in [5.41, 5.74) is 0. The van der Waals surface area contributed by atoms with Crippen LogP contribution >= 0.6 is 11.3 Å². The zero-order valence-electron chi connectivity index (χ0n) is 12.1. The summed E-state index contributed by atoms with van der Waals surface area (Å²) in [6, 6.07) is 3.76. The fraction of sp³-hybridized carbons (Fsp3) is 0.429. The highest BCUT2D eigenvalue weighted by Gasteiger charge is 2.32. The van der Waals surface area contributed by atoms with Gasteiger partial charge in [-0.25, -0.2) is 4.98 Å². The van der Waals surface area contributed by atoms with E-state index in [9.17, 15) is 5.11 Å². The van der Waals surface area contributed by atoms with Gasteiger partial charge >= 0.3 is 0 Å². The molecule has 3 aromatic heterocycles. The van der Waals surface area contributed by atoms with Crippen LogP contribution in [0.2, 0.25) is 0 Å². The number of aryl methyl sites for hydroxylation is 1. The summed E-state index contributed by atoms with van der Waals surface area (Å²) in [6.07, 6.45) is 1.44. The molecule has 0 spiro atoms. The molecule has 8 heteroatoms. The molecule has 0 aromatic carbocycles. The lowest BCUT2D eigenvalue weighted by molar-refractivity contribution is 0.0202. The van der Waals surface area contributed by atoms with Crippen LogP contribution in [0.4, 0.5) is 0 Å². The average molecular weight is 320 g/mol. The molecule has 1 aliphatic rings. The highest BCUT2D eigenvalue weighted by atomic mass is 32.1. The van der Waals surface area contributed by atoms with Gasteiger partial charge in [0.25, 0.3) is 0 Å². The molecule has 0 amide bonds. The Kier molecular flexibility index (Phi) is 3.36. The summed E-state index contributed by atoms with van der Waals surface area (Å²) in [7, 11) is 0. The van der Waals surface area contributed by atoms with Crippen molar-refractivity contribution < 1.29 is 14.3 Å². The molecule has 1 fully saturated rings. The number of furan rings is 1. The minimum Gasteiger partial charge on any atom is -0.492 e. The van der Waals surface area contributed by atoms with E-state index in [-0.39, 0.29) is 11.9 Å². The van der Waals surface area contributed by atoms with Crippen LogP contribution in [-0.4, -0.2) is 50.9 Å². The van der Waals surface area contributed by atoms with E-state index in [2.05, 4.69) is 15.0 Å². The maximum absolute atomic E-state index is 10.5. The van der Waals surface area contributed by atoms with Crippen LogP contribution in [0.5, 0.6) is 5.88 Å². The molecular formula is C14H16N4O3S. The predicted molar refractivity (Wildman–Crippen MR) is 80.2 cm³/mol. The van der Waals surface area contributed by atoms with E-state index in [1.165, 1.54) is 22.2 Å². The monoisotopic (exact) mass is 320 g/mol. The number of hydrogen-bond acceptors (Lipinski definition) is 7. The van der Waals surface area contributed by atoms with Crippen LogP contribution in [0.1, 0.15) is 22.4 Å². The summed E-state index contributed by atoms with van der Waals surface area (Å²) in [5, 5.41) is 14.6. The lowest BCUT2D eigenvalue weighted by Gasteiger charge is -2.32.